The van der Waals surface area contributed by atoms with Crippen LogP contribution in [0.3, 0.4) is 0 Å². The first kappa shape index (κ1) is 10.7. The molecule has 0 bridgehead atoms. The number of rotatable bonds is 4. The third-order valence-corrected chi connectivity index (χ3v) is 1.89. The number of carboxylic acid groups (broad SMARTS) is 1. The molecule has 4 heteroatoms. The number of carbonyl (C=O) groups is 1. The van der Waals surface area contributed by atoms with Crippen LogP contribution in [0, 0.1) is 5.82 Å². The molecule has 0 saturated heterocycles. The second-order valence-electron chi connectivity index (χ2n) is 3.00. The second-order valence-corrected chi connectivity index (χ2v) is 3.00. The van der Waals surface area contributed by atoms with Gasteiger partial charge in [0.05, 0.1) is 6.10 Å². The molecule has 0 radical (unpaired) electrons. The Labute approximate surface area is 80.8 Å². The minimum Gasteiger partial charge on any atom is -0.481 e. The van der Waals surface area contributed by atoms with Gasteiger partial charge in [-0.2, -0.15) is 0 Å². The summed E-state index contributed by atoms with van der Waals surface area (Å²) in [5, 5.41) is 17.9. The first-order valence-electron chi connectivity index (χ1n) is 4.25. The minimum atomic E-state index is -0.953. The summed E-state index contributed by atoms with van der Waals surface area (Å²) in [4.78, 5) is 10.2. The molecule has 76 valence electrons. The first-order chi connectivity index (χ1) is 6.59. The van der Waals surface area contributed by atoms with Crippen LogP contribution in [0.25, 0.3) is 0 Å². The number of carboxylic acids is 1. The van der Waals surface area contributed by atoms with Gasteiger partial charge in [-0.05, 0) is 24.1 Å². The summed E-state index contributed by atoms with van der Waals surface area (Å²) in [6.07, 6.45) is -0.800. The molecule has 2 N–H and O–H groups in total. The predicted octanol–water partition coefficient (Wildman–Crippen LogP) is 1.72. The van der Waals surface area contributed by atoms with Crippen molar-refractivity contribution in [2.45, 2.75) is 18.9 Å². The van der Waals surface area contributed by atoms with E-state index in [1.54, 1.807) is 0 Å². The molecule has 0 amide bonds. The average Bonchev–Trinajstić information content (AvgIpc) is 2.15. The maximum absolute atomic E-state index is 12.5. The number of benzene rings is 1. The lowest BCUT2D eigenvalue weighted by Crippen LogP contribution is -2.02. The van der Waals surface area contributed by atoms with E-state index in [0.29, 0.717) is 5.56 Å². The fraction of sp³-hybridized carbons (Fsp3) is 0.300. The molecule has 1 aromatic carbocycles. The van der Waals surface area contributed by atoms with E-state index in [1.807, 2.05) is 0 Å². The van der Waals surface area contributed by atoms with Gasteiger partial charge in [0.2, 0.25) is 0 Å². The first-order valence-corrected chi connectivity index (χ1v) is 4.25. The van der Waals surface area contributed by atoms with Crippen LogP contribution in [-0.4, -0.2) is 16.2 Å². The molecule has 14 heavy (non-hydrogen) atoms. The molecular formula is C10H11FO3. The summed E-state index contributed by atoms with van der Waals surface area (Å²) in [5.41, 5.74) is 0.535. The molecule has 0 aliphatic carbocycles. The standard InChI is InChI=1S/C10H11FO3/c11-8-3-1-7(2-4-8)9(12)5-6-10(13)14/h1-4,9,12H,5-6H2,(H,13,14)/t9-/m1/s1. The van der Waals surface area contributed by atoms with Crippen molar-refractivity contribution in [2.75, 3.05) is 0 Å². The SMILES string of the molecule is O=C(O)CC[C@@H](O)c1ccc(F)cc1. The number of hydrogen-bond acceptors (Lipinski definition) is 2. The Balaban J connectivity index is 2.56. The summed E-state index contributed by atoms with van der Waals surface area (Å²) in [5.74, 6) is -1.33. The maximum Gasteiger partial charge on any atom is 0.303 e. The van der Waals surface area contributed by atoms with Crippen LogP contribution in [0.15, 0.2) is 24.3 Å². The summed E-state index contributed by atoms with van der Waals surface area (Å²) in [7, 11) is 0. The summed E-state index contributed by atoms with van der Waals surface area (Å²) < 4.78 is 12.5. The summed E-state index contributed by atoms with van der Waals surface area (Å²) in [6.45, 7) is 0. The van der Waals surface area contributed by atoms with E-state index in [0.717, 1.165) is 0 Å². The monoisotopic (exact) mass is 198 g/mol. The molecule has 0 spiro atoms. The lowest BCUT2D eigenvalue weighted by molar-refractivity contribution is -0.137. The number of aliphatic carboxylic acids is 1. The Hall–Kier alpha value is -1.42. The quantitative estimate of drug-likeness (QED) is 0.774. The van der Waals surface area contributed by atoms with Gasteiger partial charge < -0.3 is 10.2 Å². The largest absolute Gasteiger partial charge is 0.481 e. The van der Waals surface area contributed by atoms with Crippen molar-refractivity contribution in [2.24, 2.45) is 0 Å². The van der Waals surface area contributed by atoms with Gasteiger partial charge in [-0.15, -0.1) is 0 Å². The van der Waals surface area contributed by atoms with E-state index in [4.69, 9.17) is 5.11 Å². The fourth-order valence-corrected chi connectivity index (χ4v) is 1.11. The Morgan fingerprint density at radius 1 is 1.36 bits per heavy atom. The fourth-order valence-electron chi connectivity index (χ4n) is 1.11. The second kappa shape index (κ2) is 4.72. The van der Waals surface area contributed by atoms with Gasteiger partial charge in [-0.1, -0.05) is 12.1 Å². The highest BCUT2D eigenvalue weighted by atomic mass is 19.1. The molecule has 0 unspecified atom stereocenters. The maximum atomic E-state index is 12.5. The van der Waals surface area contributed by atoms with Crippen LogP contribution < -0.4 is 0 Å². The van der Waals surface area contributed by atoms with Crippen LogP contribution in [0.4, 0.5) is 4.39 Å². The number of aliphatic hydroxyl groups excluding tert-OH is 1. The molecular weight excluding hydrogens is 187 g/mol. The van der Waals surface area contributed by atoms with Crippen LogP contribution in [0.2, 0.25) is 0 Å². The molecule has 1 atom stereocenters. The van der Waals surface area contributed by atoms with Crippen molar-refractivity contribution in [3.05, 3.63) is 35.6 Å². The van der Waals surface area contributed by atoms with E-state index in [2.05, 4.69) is 0 Å². The molecule has 0 saturated carbocycles. The van der Waals surface area contributed by atoms with E-state index < -0.39 is 12.1 Å². The van der Waals surface area contributed by atoms with Gasteiger partial charge in [0.1, 0.15) is 5.82 Å². The molecule has 3 nitrogen and oxygen atoms in total. The Kier molecular flexibility index (Phi) is 3.59. The van der Waals surface area contributed by atoms with Gasteiger partial charge in [-0.25, -0.2) is 4.39 Å². The van der Waals surface area contributed by atoms with Gasteiger partial charge in [0.15, 0.2) is 0 Å². The molecule has 0 aromatic heterocycles. The Bertz CT molecular complexity index is 308. The summed E-state index contributed by atoms with van der Waals surface area (Å²) >= 11 is 0. The zero-order valence-corrected chi connectivity index (χ0v) is 7.48. The normalized spacial score (nSPS) is 12.4. The third-order valence-electron chi connectivity index (χ3n) is 1.89. The lowest BCUT2D eigenvalue weighted by Gasteiger charge is -2.08. The van der Waals surface area contributed by atoms with Crippen molar-refractivity contribution < 1.29 is 19.4 Å². The zero-order valence-electron chi connectivity index (χ0n) is 7.48. The molecule has 0 aliphatic heterocycles. The molecule has 0 aliphatic rings. The van der Waals surface area contributed by atoms with E-state index in [1.165, 1.54) is 24.3 Å². The smallest absolute Gasteiger partial charge is 0.303 e. The predicted molar refractivity (Wildman–Crippen MR) is 48.2 cm³/mol. The lowest BCUT2D eigenvalue weighted by atomic mass is 10.1. The van der Waals surface area contributed by atoms with Crippen LogP contribution in [-0.2, 0) is 4.79 Å². The molecule has 0 fully saturated rings. The highest BCUT2D eigenvalue weighted by Gasteiger charge is 2.09. The van der Waals surface area contributed by atoms with Gasteiger partial charge in [0.25, 0.3) is 0 Å². The van der Waals surface area contributed by atoms with Crippen molar-refractivity contribution in [3.63, 3.8) is 0 Å². The number of hydrogen-bond donors (Lipinski definition) is 2. The van der Waals surface area contributed by atoms with E-state index >= 15 is 0 Å². The van der Waals surface area contributed by atoms with Crippen molar-refractivity contribution in [1.82, 2.24) is 0 Å². The Morgan fingerprint density at radius 3 is 2.43 bits per heavy atom. The summed E-state index contributed by atoms with van der Waals surface area (Å²) in [6, 6.07) is 5.36. The van der Waals surface area contributed by atoms with Crippen LogP contribution in [0.1, 0.15) is 24.5 Å². The average molecular weight is 198 g/mol. The van der Waals surface area contributed by atoms with E-state index in [-0.39, 0.29) is 18.7 Å². The molecule has 1 aromatic rings. The van der Waals surface area contributed by atoms with Crippen molar-refractivity contribution in [3.8, 4) is 0 Å². The van der Waals surface area contributed by atoms with Crippen molar-refractivity contribution >= 4 is 5.97 Å². The van der Waals surface area contributed by atoms with Gasteiger partial charge in [-0.3, -0.25) is 4.79 Å². The van der Waals surface area contributed by atoms with Crippen LogP contribution in [0.5, 0.6) is 0 Å². The number of halogens is 1. The topological polar surface area (TPSA) is 57.5 Å². The molecule has 0 heterocycles. The number of aliphatic hydroxyl groups is 1. The highest BCUT2D eigenvalue weighted by molar-refractivity contribution is 5.66. The van der Waals surface area contributed by atoms with Gasteiger partial charge in [0, 0.05) is 6.42 Å². The minimum absolute atomic E-state index is 0.0987. The zero-order chi connectivity index (χ0) is 10.6. The highest BCUT2D eigenvalue weighted by Crippen LogP contribution is 2.18. The van der Waals surface area contributed by atoms with Crippen LogP contribution >= 0.6 is 0 Å². The molecule has 1 rings (SSSR count). The Morgan fingerprint density at radius 2 is 1.93 bits per heavy atom. The van der Waals surface area contributed by atoms with Crippen molar-refractivity contribution in [1.29, 1.82) is 0 Å². The van der Waals surface area contributed by atoms with E-state index in [9.17, 15) is 14.3 Å². The van der Waals surface area contributed by atoms with Gasteiger partial charge >= 0.3 is 5.97 Å². The third kappa shape index (κ3) is 3.14.